The number of benzene rings is 1. The molecule has 1 heteroatoms. The Bertz CT molecular complexity index is 208. The summed E-state index contributed by atoms with van der Waals surface area (Å²) in [6, 6.07) is 6.41. The summed E-state index contributed by atoms with van der Waals surface area (Å²) in [6.07, 6.45) is 0. The number of quaternary nitrogens is 1. The largest absolute Gasteiger partial charge is 0.446 e. The summed E-state index contributed by atoms with van der Waals surface area (Å²) < 4.78 is 0. The van der Waals surface area contributed by atoms with Crippen molar-refractivity contribution in [2.75, 3.05) is 0 Å². The van der Waals surface area contributed by atoms with Crippen LogP contribution < -0.4 is 5.32 Å². The van der Waals surface area contributed by atoms with Gasteiger partial charge in [-0.1, -0.05) is 6.07 Å². The van der Waals surface area contributed by atoms with E-state index in [9.17, 15) is 0 Å². The second-order valence-corrected chi connectivity index (χ2v) is 2.63. The summed E-state index contributed by atoms with van der Waals surface area (Å²) in [7, 11) is 3.71. The van der Waals surface area contributed by atoms with E-state index in [1.807, 2.05) is 5.32 Å². The number of hydrogen-bond donors (Lipinski definition) is 1. The molecule has 0 aromatic heterocycles. The summed E-state index contributed by atoms with van der Waals surface area (Å²) >= 11 is 0. The second-order valence-electron chi connectivity index (χ2n) is 2.63. The van der Waals surface area contributed by atoms with Gasteiger partial charge in [-0.15, -0.1) is 7.05 Å². The Morgan fingerprint density at radius 1 is 1.10 bits per heavy atom. The first kappa shape index (κ1) is 7.29. The molecule has 0 aliphatic heterocycles. The molecule has 0 unspecified atom stereocenters. The summed E-state index contributed by atoms with van der Waals surface area (Å²) in [5.41, 5.74) is 3.81. The lowest BCUT2D eigenvalue weighted by Crippen LogP contribution is -2.69. The summed E-state index contributed by atoms with van der Waals surface area (Å²) in [5, 5.41) is 1.88. The van der Waals surface area contributed by atoms with Crippen molar-refractivity contribution in [3.63, 3.8) is 0 Å². The molecule has 54 valence electrons. The normalized spacial score (nSPS) is 9.90. The van der Waals surface area contributed by atoms with Crippen LogP contribution in [0, 0.1) is 20.9 Å². The minimum Gasteiger partial charge on any atom is -0.446 e. The highest BCUT2D eigenvalue weighted by Gasteiger charge is 1.92. The van der Waals surface area contributed by atoms with Crippen LogP contribution >= 0.6 is 0 Å². The lowest BCUT2D eigenvalue weighted by Gasteiger charge is -2.01. The van der Waals surface area contributed by atoms with Gasteiger partial charge in [-0.3, -0.25) is 0 Å². The molecule has 0 saturated heterocycles. The van der Waals surface area contributed by atoms with Gasteiger partial charge in [0.1, 0.15) is 5.69 Å². The van der Waals surface area contributed by atoms with Gasteiger partial charge in [0.2, 0.25) is 0 Å². The molecule has 0 aliphatic carbocycles. The SMILES string of the molecule is [CH2-][NH2+]c1cc(C)cc(C)c1. The van der Waals surface area contributed by atoms with Crippen molar-refractivity contribution in [1.29, 1.82) is 0 Å². The van der Waals surface area contributed by atoms with Crippen LogP contribution in [0.2, 0.25) is 0 Å². The average Bonchev–Trinajstić information content (AvgIpc) is 1.85. The van der Waals surface area contributed by atoms with Gasteiger partial charge in [0, 0.05) is 0 Å². The van der Waals surface area contributed by atoms with Gasteiger partial charge in [-0.05, 0) is 37.1 Å². The Labute approximate surface area is 62.1 Å². The lowest BCUT2D eigenvalue weighted by atomic mass is 10.1. The van der Waals surface area contributed by atoms with Crippen molar-refractivity contribution < 1.29 is 5.32 Å². The van der Waals surface area contributed by atoms with Gasteiger partial charge in [0.15, 0.2) is 0 Å². The molecule has 1 rings (SSSR count). The molecule has 1 aromatic rings. The van der Waals surface area contributed by atoms with E-state index in [2.05, 4.69) is 39.1 Å². The molecule has 0 radical (unpaired) electrons. The third-order valence-corrected chi connectivity index (χ3v) is 1.48. The Balaban J connectivity index is 3.06. The van der Waals surface area contributed by atoms with Crippen LogP contribution in [-0.2, 0) is 0 Å². The molecule has 1 aromatic carbocycles. The fourth-order valence-corrected chi connectivity index (χ4v) is 1.13. The number of rotatable bonds is 1. The van der Waals surface area contributed by atoms with E-state index in [1.54, 1.807) is 0 Å². The highest BCUT2D eigenvalue weighted by atomic mass is 14.8. The summed E-state index contributed by atoms with van der Waals surface area (Å²) in [5.74, 6) is 0. The molecule has 0 fully saturated rings. The molecule has 0 aliphatic rings. The number of nitrogens with two attached hydrogens (primary N) is 1. The maximum absolute atomic E-state index is 3.71. The molecule has 0 saturated carbocycles. The van der Waals surface area contributed by atoms with E-state index in [0.717, 1.165) is 0 Å². The molecule has 1 nitrogen and oxygen atoms in total. The molecule has 10 heavy (non-hydrogen) atoms. The minimum atomic E-state index is 1.21. The van der Waals surface area contributed by atoms with Crippen LogP contribution in [0.4, 0.5) is 5.69 Å². The first-order valence-electron chi connectivity index (χ1n) is 3.43. The van der Waals surface area contributed by atoms with E-state index in [-0.39, 0.29) is 0 Å². The fraction of sp³-hybridized carbons (Fsp3) is 0.222. The van der Waals surface area contributed by atoms with Crippen molar-refractivity contribution in [3.05, 3.63) is 36.4 Å². The maximum atomic E-state index is 3.71. The molecule has 0 amide bonds. The van der Waals surface area contributed by atoms with Crippen molar-refractivity contribution >= 4 is 5.69 Å². The van der Waals surface area contributed by atoms with Crippen LogP contribution in [0.1, 0.15) is 11.1 Å². The Hall–Kier alpha value is -0.820. The molecule has 0 atom stereocenters. The van der Waals surface area contributed by atoms with Gasteiger partial charge < -0.3 is 5.32 Å². The van der Waals surface area contributed by atoms with E-state index in [4.69, 9.17) is 0 Å². The molecule has 0 spiro atoms. The monoisotopic (exact) mass is 135 g/mol. The van der Waals surface area contributed by atoms with Gasteiger partial charge in [0.05, 0.1) is 0 Å². The van der Waals surface area contributed by atoms with Gasteiger partial charge in [-0.2, -0.15) is 0 Å². The minimum absolute atomic E-state index is 1.21. The summed E-state index contributed by atoms with van der Waals surface area (Å²) in [6.45, 7) is 4.19. The number of hydrogen-bond acceptors (Lipinski definition) is 0. The van der Waals surface area contributed by atoms with Crippen molar-refractivity contribution in [3.8, 4) is 0 Å². The molecular weight excluding hydrogens is 122 g/mol. The first-order chi connectivity index (χ1) is 4.72. The number of aryl methyl sites for hydroxylation is 2. The van der Waals surface area contributed by atoms with Gasteiger partial charge in [-0.25, -0.2) is 0 Å². The average molecular weight is 135 g/mol. The topological polar surface area (TPSA) is 16.6 Å². The zero-order chi connectivity index (χ0) is 7.56. The van der Waals surface area contributed by atoms with Crippen LogP contribution in [0.5, 0.6) is 0 Å². The van der Waals surface area contributed by atoms with Crippen LogP contribution in [0.25, 0.3) is 0 Å². The predicted octanol–water partition coefficient (Wildman–Crippen LogP) is 1.29. The van der Waals surface area contributed by atoms with E-state index < -0.39 is 0 Å². The molecular formula is C9H13N. The van der Waals surface area contributed by atoms with Crippen LogP contribution in [0.15, 0.2) is 18.2 Å². The highest BCUT2D eigenvalue weighted by Crippen LogP contribution is 2.08. The highest BCUT2D eigenvalue weighted by molar-refractivity contribution is 5.37. The predicted molar refractivity (Wildman–Crippen MR) is 42.9 cm³/mol. The van der Waals surface area contributed by atoms with Gasteiger partial charge in [0.25, 0.3) is 0 Å². The third kappa shape index (κ3) is 1.58. The molecule has 0 bridgehead atoms. The molecule has 2 N–H and O–H groups in total. The maximum Gasteiger partial charge on any atom is 0.103 e. The van der Waals surface area contributed by atoms with Crippen molar-refractivity contribution in [1.82, 2.24) is 0 Å². The van der Waals surface area contributed by atoms with E-state index in [1.165, 1.54) is 16.8 Å². The van der Waals surface area contributed by atoms with E-state index in [0.29, 0.717) is 0 Å². The Morgan fingerprint density at radius 3 is 2.00 bits per heavy atom. The zero-order valence-electron chi connectivity index (χ0n) is 6.52. The van der Waals surface area contributed by atoms with Crippen molar-refractivity contribution in [2.45, 2.75) is 13.8 Å². The second kappa shape index (κ2) is 2.84. The van der Waals surface area contributed by atoms with Gasteiger partial charge >= 0.3 is 0 Å². The lowest BCUT2D eigenvalue weighted by molar-refractivity contribution is -0.504. The third-order valence-electron chi connectivity index (χ3n) is 1.48. The summed E-state index contributed by atoms with van der Waals surface area (Å²) in [4.78, 5) is 0. The van der Waals surface area contributed by atoms with E-state index >= 15 is 0 Å². The van der Waals surface area contributed by atoms with Crippen LogP contribution in [0.3, 0.4) is 0 Å². The van der Waals surface area contributed by atoms with Crippen molar-refractivity contribution in [2.24, 2.45) is 0 Å². The Kier molecular flexibility index (Phi) is 2.07. The Morgan fingerprint density at radius 2 is 1.60 bits per heavy atom. The standard InChI is InChI=1S/C9H13N/c1-7-4-8(2)6-9(5-7)10-3/h4-6H,3,10H2,1-2H3. The van der Waals surface area contributed by atoms with Crippen LogP contribution in [-0.4, -0.2) is 0 Å². The fourth-order valence-electron chi connectivity index (χ4n) is 1.13. The zero-order valence-corrected chi connectivity index (χ0v) is 6.52. The smallest absolute Gasteiger partial charge is 0.103 e. The molecule has 0 heterocycles. The first-order valence-corrected chi connectivity index (χ1v) is 3.43. The quantitative estimate of drug-likeness (QED) is 0.441.